The molecular formula is C28H38O8. The summed E-state index contributed by atoms with van der Waals surface area (Å²) in [5.74, 6) is -0.988. The summed E-state index contributed by atoms with van der Waals surface area (Å²) in [7, 11) is 1.59. The van der Waals surface area contributed by atoms with Crippen LogP contribution in [0, 0.1) is 0 Å². The molecule has 2 rings (SSSR count). The van der Waals surface area contributed by atoms with Crippen LogP contribution in [0.15, 0.2) is 72.8 Å². The molecule has 0 amide bonds. The van der Waals surface area contributed by atoms with Gasteiger partial charge >= 0.3 is 5.97 Å². The molecule has 0 bridgehead atoms. The molecule has 0 heterocycles. The van der Waals surface area contributed by atoms with Crippen molar-refractivity contribution in [1.82, 2.24) is 0 Å². The van der Waals surface area contributed by atoms with Crippen LogP contribution in [-0.4, -0.2) is 67.7 Å². The van der Waals surface area contributed by atoms with Crippen molar-refractivity contribution >= 4 is 5.97 Å². The van der Waals surface area contributed by atoms with Gasteiger partial charge in [-0.05, 0) is 18.1 Å². The average Bonchev–Trinajstić information content (AvgIpc) is 2.87. The normalized spacial score (nSPS) is 15.0. The number of hydrogen-bond donors (Lipinski definition) is 2. The Hall–Kier alpha value is -2.59. The number of methoxy groups -OCH3 is 1. The second kappa shape index (κ2) is 17.8. The molecule has 0 saturated heterocycles. The molecule has 8 heteroatoms. The minimum atomic E-state index is -0.988. The molecule has 0 saturated carbocycles. The number of aliphatic carboxylic acids is 1. The molecule has 0 radical (unpaired) electrons. The Morgan fingerprint density at radius 1 is 0.889 bits per heavy atom. The Morgan fingerprint density at radius 3 is 2.06 bits per heavy atom. The molecule has 4 atom stereocenters. The highest BCUT2D eigenvalue weighted by molar-refractivity contribution is 5.67. The fraction of sp³-hybridized carbons (Fsp3) is 0.464. The van der Waals surface area contributed by atoms with Gasteiger partial charge in [-0.3, -0.25) is 4.79 Å². The lowest BCUT2D eigenvalue weighted by Crippen LogP contribution is -2.33. The third-order valence-electron chi connectivity index (χ3n) is 5.22. The molecule has 0 aliphatic rings. The van der Waals surface area contributed by atoms with Gasteiger partial charge in [0.15, 0.2) is 0 Å². The Balaban J connectivity index is 2.16. The summed E-state index contributed by atoms with van der Waals surface area (Å²) in [4.78, 5) is 11.7. The van der Waals surface area contributed by atoms with E-state index in [1.165, 1.54) is 0 Å². The van der Waals surface area contributed by atoms with Gasteiger partial charge in [-0.15, -0.1) is 0 Å². The SMILES string of the molecule is COCCOCO[C@H](/C=C/[C@H](OCc1ccccc1)[C@H](CC(=O)O)OCc1ccccc1)C[C@@H](C)O. The quantitative estimate of drug-likeness (QED) is 0.169. The van der Waals surface area contributed by atoms with Gasteiger partial charge in [0.25, 0.3) is 0 Å². The van der Waals surface area contributed by atoms with E-state index in [4.69, 9.17) is 23.7 Å². The summed E-state index contributed by atoms with van der Waals surface area (Å²) < 4.78 is 28.3. The van der Waals surface area contributed by atoms with Crippen LogP contribution in [-0.2, 0) is 41.7 Å². The molecule has 0 fully saturated rings. The standard InChI is InChI=1S/C28H38O8/c1-22(29)17-25(36-21-33-16-15-32-2)13-14-26(34-19-23-9-5-3-6-10-23)27(18-28(30)31)35-20-24-11-7-4-8-12-24/h3-14,22,25-27,29H,15-21H2,1-2H3,(H,30,31)/b14-13+/t22-,25-,26+,27+/m1/s1. The van der Waals surface area contributed by atoms with Gasteiger partial charge in [0.05, 0.1) is 51.2 Å². The minimum absolute atomic E-state index is 0.0314. The number of ether oxygens (including phenoxy) is 5. The molecule has 0 unspecified atom stereocenters. The highest BCUT2D eigenvalue weighted by Gasteiger charge is 2.25. The number of aliphatic hydroxyl groups is 1. The second-order valence-electron chi connectivity index (χ2n) is 8.39. The van der Waals surface area contributed by atoms with E-state index in [9.17, 15) is 15.0 Å². The van der Waals surface area contributed by atoms with E-state index in [1.54, 1.807) is 26.2 Å². The summed E-state index contributed by atoms with van der Waals surface area (Å²) in [5.41, 5.74) is 1.89. The number of carboxylic acids is 1. The fourth-order valence-electron chi connectivity index (χ4n) is 3.38. The van der Waals surface area contributed by atoms with Gasteiger partial charge in [0, 0.05) is 13.5 Å². The molecule has 0 aromatic heterocycles. The third kappa shape index (κ3) is 12.9. The number of benzene rings is 2. The van der Waals surface area contributed by atoms with Gasteiger partial charge in [-0.25, -0.2) is 0 Å². The Bertz CT molecular complexity index is 856. The lowest BCUT2D eigenvalue weighted by Gasteiger charge is -2.25. The Morgan fingerprint density at radius 2 is 1.50 bits per heavy atom. The molecule has 0 aliphatic carbocycles. The first-order valence-corrected chi connectivity index (χ1v) is 12.1. The number of carbonyl (C=O) groups is 1. The van der Waals surface area contributed by atoms with Crippen LogP contribution in [0.5, 0.6) is 0 Å². The van der Waals surface area contributed by atoms with E-state index in [2.05, 4.69) is 0 Å². The van der Waals surface area contributed by atoms with E-state index >= 15 is 0 Å². The fourth-order valence-corrected chi connectivity index (χ4v) is 3.38. The van der Waals surface area contributed by atoms with Crippen molar-refractivity contribution in [2.24, 2.45) is 0 Å². The minimum Gasteiger partial charge on any atom is -0.481 e. The highest BCUT2D eigenvalue weighted by Crippen LogP contribution is 2.17. The topological polar surface area (TPSA) is 104 Å². The number of aliphatic hydroxyl groups excluding tert-OH is 1. The first-order chi connectivity index (χ1) is 17.5. The van der Waals surface area contributed by atoms with Gasteiger partial charge in [0.2, 0.25) is 0 Å². The van der Waals surface area contributed by atoms with Crippen LogP contribution in [0.1, 0.15) is 30.9 Å². The smallest absolute Gasteiger partial charge is 0.306 e. The molecule has 198 valence electrons. The monoisotopic (exact) mass is 502 g/mol. The predicted molar refractivity (Wildman–Crippen MR) is 135 cm³/mol. The summed E-state index contributed by atoms with van der Waals surface area (Å²) in [6, 6.07) is 19.2. The first kappa shape index (κ1) is 29.6. The second-order valence-corrected chi connectivity index (χ2v) is 8.39. The van der Waals surface area contributed by atoms with Crippen molar-refractivity contribution in [2.75, 3.05) is 27.1 Å². The van der Waals surface area contributed by atoms with Crippen molar-refractivity contribution in [3.63, 3.8) is 0 Å². The zero-order valence-electron chi connectivity index (χ0n) is 21.0. The van der Waals surface area contributed by atoms with E-state index < -0.39 is 30.4 Å². The highest BCUT2D eigenvalue weighted by atomic mass is 16.7. The molecule has 36 heavy (non-hydrogen) atoms. The predicted octanol–water partition coefficient (Wildman–Crippen LogP) is 3.96. The summed E-state index contributed by atoms with van der Waals surface area (Å²) >= 11 is 0. The number of rotatable bonds is 19. The molecule has 2 aromatic rings. The largest absolute Gasteiger partial charge is 0.481 e. The van der Waals surface area contributed by atoms with Gasteiger partial charge in [-0.2, -0.15) is 0 Å². The third-order valence-corrected chi connectivity index (χ3v) is 5.22. The molecule has 0 spiro atoms. The summed E-state index contributed by atoms with van der Waals surface area (Å²) in [6.07, 6.45) is 1.14. The van der Waals surface area contributed by atoms with Crippen LogP contribution in [0.4, 0.5) is 0 Å². The van der Waals surface area contributed by atoms with Crippen LogP contribution >= 0.6 is 0 Å². The Kier molecular flexibility index (Phi) is 14.6. The first-order valence-electron chi connectivity index (χ1n) is 12.1. The van der Waals surface area contributed by atoms with Crippen LogP contribution in [0.3, 0.4) is 0 Å². The van der Waals surface area contributed by atoms with Crippen molar-refractivity contribution in [3.8, 4) is 0 Å². The van der Waals surface area contributed by atoms with Crippen molar-refractivity contribution in [3.05, 3.63) is 83.9 Å². The molecule has 2 aromatic carbocycles. The lowest BCUT2D eigenvalue weighted by molar-refractivity contribution is -0.144. The maximum atomic E-state index is 11.7. The van der Waals surface area contributed by atoms with E-state index in [-0.39, 0.29) is 26.4 Å². The van der Waals surface area contributed by atoms with Gasteiger partial charge in [-0.1, -0.05) is 72.8 Å². The maximum Gasteiger partial charge on any atom is 0.306 e. The molecular weight excluding hydrogens is 464 g/mol. The summed E-state index contributed by atoms with van der Waals surface area (Å²) in [6.45, 7) is 3.07. The van der Waals surface area contributed by atoms with E-state index in [0.717, 1.165) is 11.1 Å². The zero-order chi connectivity index (χ0) is 26.0. The Labute approximate surface area is 213 Å². The number of hydrogen-bond acceptors (Lipinski definition) is 7. The lowest BCUT2D eigenvalue weighted by atomic mass is 10.1. The number of carboxylic acid groups (broad SMARTS) is 1. The van der Waals surface area contributed by atoms with Gasteiger partial charge in [0.1, 0.15) is 12.9 Å². The van der Waals surface area contributed by atoms with Crippen LogP contribution < -0.4 is 0 Å². The van der Waals surface area contributed by atoms with Crippen molar-refractivity contribution in [2.45, 2.75) is 57.4 Å². The van der Waals surface area contributed by atoms with E-state index in [1.807, 2.05) is 60.7 Å². The zero-order valence-corrected chi connectivity index (χ0v) is 21.0. The molecule has 8 nitrogen and oxygen atoms in total. The molecule has 0 aliphatic heterocycles. The van der Waals surface area contributed by atoms with Crippen molar-refractivity contribution in [1.29, 1.82) is 0 Å². The maximum absolute atomic E-state index is 11.7. The van der Waals surface area contributed by atoms with E-state index in [0.29, 0.717) is 19.6 Å². The molecule has 2 N–H and O–H groups in total. The summed E-state index contributed by atoms with van der Waals surface area (Å²) in [5, 5.41) is 19.5. The van der Waals surface area contributed by atoms with Crippen molar-refractivity contribution < 1.29 is 38.7 Å². The average molecular weight is 503 g/mol. The van der Waals surface area contributed by atoms with Crippen LogP contribution in [0.25, 0.3) is 0 Å². The van der Waals surface area contributed by atoms with Gasteiger partial charge < -0.3 is 33.9 Å². The van der Waals surface area contributed by atoms with Crippen LogP contribution in [0.2, 0.25) is 0 Å².